The molecule has 5 heteroatoms. The molecule has 0 radical (unpaired) electrons. The van der Waals surface area contributed by atoms with Gasteiger partial charge in [-0.2, -0.15) is 4.37 Å². The van der Waals surface area contributed by atoms with Crippen molar-refractivity contribution in [1.82, 2.24) is 14.3 Å². The molecule has 2 heterocycles. The van der Waals surface area contributed by atoms with E-state index < -0.39 is 0 Å². The summed E-state index contributed by atoms with van der Waals surface area (Å²) in [6.45, 7) is 6.32. The first kappa shape index (κ1) is 12.0. The summed E-state index contributed by atoms with van der Waals surface area (Å²) in [7, 11) is 0. The minimum atomic E-state index is 0.0190. The van der Waals surface area contributed by atoms with E-state index in [1.54, 1.807) is 6.20 Å². The molecule has 0 aliphatic carbocycles. The lowest BCUT2D eigenvalue weighted by Gasteiger charge is -2.18. The lowest BCUT2D eigenvalue weighted by atomic mass is 10.1. The van der Waals surface area contributed by atoms with Crippen LogP contribution in [0.15, 0.2) is 24.5 Å². The molecule has 2 aromatic heterocycles. The Bertz CT molecular complexity index is 473. The van der Waals surface area contributed by atoms with Crippen LogP contribution in [0.5, 0.6) is 0 Å². The molecular formula is C12H16N4S. The van der Waals surface area contributed by atoms with Crippen LogP contribution in [0, 0.1) is 0 Å². The molecule has 0 unspecified atom stereocenters. The molecule has 17 heavy (non-hydrogen) atoms. The summed E-state index contributed by atoms with van der Waals surface area (Å²) in [6.07, 6.45) is 4.35. The highest BCUT2D eigenvalue weighted by Crippen LogP contribution is 2.18. The maximum Gasteiger partial charge on any atom is 0.202 e. The molecule has 0 bridgehead atoms. The summed E-state index contributed by atoms with van der Waals surface area (Å²) in [5.41, 5.74) is 1.15. The van der Waals surface area contributed by atoms with Crippen molar-refractivity contribution < 1.29 is 0 Å². The Morgan fingerprint density at radius 2 is 2.18 bits per heavy atom. The van der Waals surface area contributed by atoms with E-state index in [0.29, 0.717) is 0 Å². The summed E-state index contributed by atoms with van der Waals surface area (Å²) in [5.74, 6) is 0.842. The molecule has 0 aliphatic rings. The van der Waals surface area contributed by atoms with Crippen molar-refractivity contribution in [1.29, 1.82) is 0 Å². The fraction of sp³-hybridized carbons (Fsp3) is 0.417. The first-order valence-corrected chi connectivity index (χ1v) is 6.30. The Hall–Kier alpha value is -1.49. The van der Waals surface area contributed by atoms with Gasteiger partial charge in [0.05, 0.1) is 0 Å². The van der Waals surface area contributed by atoms with E-state index in [-0.39, 0.29) is 5.54 Å². The first-order valence-electron chi connectivity index (χ1n) is 5.53. The maximum absolute atomic E-state index is 4.46. The highest BCUT2D eigenvalue weighted by Gasteiger charge is 2.12. The van der Waals surface area contributed by atoms with Gasteiger partial charge in [-0.25, -0.2) is 4.98 Å². The lowest BCUT2D eigenvalue weighted by Crippen LogP contribution is -2.25. The van der Waals surface area contributed by atoms with Gasteiger partial charge in [-0.05, 0) is 32.4 Å². The van der Waals surface area contributed by atoms with Gasteiger partial charge in [0.1, 0.15) is 5.82 Å². The van der Waals surface area contributed by atoms with Gasteiger partial charge < -0.3 is 5.32 Å². The molecule has 0 spiro atoms. The Morgan fingerprint density at radius 3 is 2.82 bits per heavy atom. The van der Waals surface area contributed by atoms with Gasteiger partial charge in [-0.1, -0.05) is 6.07 Å². The van der Waals surface area contributed by atoms with Gasteiger partial charge >= 0.3 is 0 Å². The van der Waals surface area contributed by atoms with E-state index in [0.717, 1.165) is 22.9 Å². The van der Waals surface area contributed by atoms with Crippen LogP contribution in [0.4, 0.5) is 5.13 Å². The zero-order chi connectivity index (χ0) is 12.3. The molecule has 2 aromatic rings. The average Bonchev–Trinajstić information content (AvgIpc) is 2.64. The van der Waals surface area contributed by atoms with Crippen LogP contribution < -0.4 is 5.32 Å². The van der Waals surface area contributed by atoms with Gasteiger partial charge in [0, 0.05) is 35.9 Å². The number of aromatic nitrogens is 3. The number of nitrogens with zero attached hydrogens (tertiary/aromatic N) is 3. The number of hydrogen-bond acceptors (Lipinski definition) is 5. The second-order valence-electron chi connectivity index (χ2n) is 4.93. The molecule has 0 atom stereocenters. The van der Waals surface area contributed by atoms with Crippen molar-refractivity contribution in [2.24, 2.45) is 0 Å². The van der Waals surface area contributed by atoms with E-state index in [2.05, 4.69) is 40.4 Å². The van der Waals surface area contributed by atoms with Crippen LogP contribution in [-0.4, -0.2) is 19.9 Å². The van der Waals surface area contributed by atoms with Crippen molar-refractivity contribution >= 4 is 16.7 Å². The molecule has 0 saturated carbocycles. The highest BCUT2D eigenvalue weighted by molar-refractivity contribution is 7.09. The normalized spacial score (nSPS) is 11.5. The standard InChI is InChI=1S/C12H16N4S/c1-12(2,3)15-11-14-10(16-17-11)7-9-5-4-6-13-8-9/h4-6,8H,7H2,1-3H3,(H,14,15,16). The predicted octanol–water partition coefficient (Wildman–Crippen LogP) is 2.73. The molecule has 2 rings (SSSR count). The molecular weight excluding hydrogens is 232 g/mol. The third-order valence-electron chi connectivity index (χ3n) is 2.04. The van der Waals surface area contributed by atoms with Crippen molar-refractivity contribution in [3.05, 3.63) is 35.9 Å². The minimum Gasteiger partial charge on any atom is -0.356 e. The van der Waals surface area contributed by atoms with Crippen LogP contribution in [0.25, 0.3) is 0 Å². The van der Waals surface area contributed by atoms with Crippen LogP contribution >= 0.6 is 11.5 Å². The summed E-state index contributed by atoms with van der Waals surface area (Å²) in [4.78, 5) is 8.54. The molecule has 1 N–H and O–H groups in total. The number of hydrogen-bond donors (Lipinski definition) is 1. The number of rotatable bonds is 3. The average molecular weight is 248 g/mol. The first-order chi connectivity index (χ1) is 8.03. The quantitative estimate of drug-likeness (QED) is 0.907. The van der Waals surface area contributed by atoms with Crippen molar-refractivity contribution in [2.75, 3.05) is 5.32 Å². The van der Waals surface area contributed by atoms with Crippen LogP contribution in [-0.2, 0) is 6.42 Å². The van der Waals surface area contributed by atoms with E-state index >= 15 is 0 Å². The van der Waals surface area contributed by atoms with Crippen LogP contribution in [0.1, 0.15) is 32.2 Å². The molecule has 90 valence electrons. The molecule has 0 aromatic carbocycles. The topological polar surface area (TPSA) is 50.7 Å². The zero-order valence-electron chi connectivity index (χ0n) is 10.3. The Balaban J connectivity index is 2.04. The van der Waals surface area contributed by atoms with Gasteiger partial charge in [-0.15, -0.1) is 0 Å². The second-order valence-corrected chi connectivity index (χ2v) is 5.68. The van der Waals surface area contributed by atoms with E-state index in [4.69, 9.17) is 0 Å². The number of pyridine rings is 1. The number of nitrogens with one attached hydrogen (secondary N) is 1. The summed E-state index contributed by atoms with van der Waals surface area (Å²) in [6, 6.07) is 3.96. The number of anilines is 1. The van der Waals surface area contributed by atoms with Gasteiger partial charge in [0.15, 0.2) is 0 Å². The minimum absolute atomic E-state index is 0.0190. The monoisotopic (exact) mass is 248 g/mol. The molecule has 4 nitrogen and oxygen atoms in total. The Morgan fingerprint density at radius 1 is 1.35 bits per heavy atom. The third kappa shape index (κ3) is 3.78. The highest BCUT2D eigenvalue weighted by atomic mass is 32.1. The van der Waals surface area contributed by atoms with Crippen molar-refractivity contribution in [2.45, 2.75) is 32.7 Å². The third-order valence-corrected chi connectivity index (χ3v) is 2.70. The lowest BCUT2D eigenvalue weighted by molar-refractivity contribution is 0.633. The molecule has 0 fully saturated rings. The summed E-state index contributed by atoms with van der Waals surface area (Å²) in [5, 5.41) is 4.19. The second kappa shape index (κ2) is 4.79. The van der Waals surface area contributed by atoms with Crippen LogP contribution in [0.3, 0.4) is 0 Å². The Labute approximate surface area is 105 Å². The van der Waals surface area contributed by atoms with Gasteiger partial charge in [0.2, 0.25) is 5.13 Å². The van der Waals surface area contributed by atoms with E-state index in [1.165, 1.54) is 11.5 Å². The van der Waals surface area contributed by atoms with E-state index in [1.807, 2.05) is 18.3 Å². The van der Waals surface area contributed by atoms with E-state index in [9.17, 15) is 0 Å². The smallest absolute Gasteiger partial charge is 0.202 e. The van der Waals surface area contributed by atoms with Crippen molar-refractivity contribution in [3.63, 3.8) is 0 Å². The van der Waals surface area contributed by atoms with Crippen molar-refractivity contribution in [3.8, 4) is 0 Å². The van der Waals surface area contributed by atoms with Gasteiger partial charge in [-0.3, -0.25) is 4.98 Å². The molecule has 0 amide bonds. The largest absolute Gasteiger partial charge is 0.356 e. The Kier molecular flexibility index (Phi) is 3.38. The SMILES string of the molecule is CC(C)(C)Nc1nc(Cc2cccnc2)ns1. The molecule has 0 saturated heterocycles. The fourth-order valence-corrected chi connectivity index (χ4v) is 2.18. The predicted molar refractivity (Wildman–Crippen MR) is 70.3 cm³/mol. The zero-order valence-corrected chi connectivity index (χ0v) is 11.1. The molecule has 0 aliphatic heterocycles. The maximum atomic E-state index is 4.46. The summed E-state index contributed by atoms with van der Waals surface area (Å²) >= 11 is 1.40. The van der Waals surface area contributed by atoms with Gasteiger partial charge in [0.25, 0.3) is 0 Å². The van der Waals surface area contributed by atoms with Crippen LogP contribution in [0.2, 0.25) is 0 Å². The fourth-order valence-electron chi connectivity index (χ4n) is 1.38. The summed E-state index contributed by atoms with van der Waals surface area (Å²) < 4.78 is 4.34.